The molecule has 0 spiro atoms. The minimum absolute atomic E-state index is 0.164. The zero-order chi connectivity index (χ0) is 29.6. The van der Waals surface area contributed by atoms with Crippen LogP contribution in [0.5, 0.6) is 0 Å². The second-order valence-corrected chi connectivity index (χ2v) is 10.0. The molecule has 1 saturated heterocycles. The number of aromatic nitrogens is 7. The van der Waals surface area contributed by atoms with Crippen LogP contribution in [-0.4, -0.2) is 72.0 Å². The quantitative estimate of drug-likeness (QED) is 0.196. The summed E-state index contributed by atoms with van der Waals surface area (Å²) >= 11 is 0. The summed E-state index contributed by atoms with van der Waals surface area (Å²) in [5.74, 6) is 1.27. The predicted molar refractivity (Wildman–Crippen MR) is 149 cm³/mol. The Morgan fingerprint density at radius 3 is 2.50 bits per heavy atom. The number of hydrogen-bond donors (Lipinski definition) is 2. The molecule has 0 aliphatic carbocycles. The number of nitrogens with zero attached hydrogens (tertiary/aromatic N) is 7. The molecular weight excluding hydrogens is 546 g/mol. The van der Waals surface area contributed by atoms with Crippen molar-refractivity contribution in [3.63, 3.8) is 0 Å². The fourth-order valence-corrected chi connectivity index (χ4v) is 5.01. The lowest BCUT2D eigenvalue weighted by molar-refractivity contribution is -0.151. The maximum Gasteiger partial charge on any atom is 0.293 e. The molecule has 4 aromatic heterocycles. The van der Waals surface area contributed by atoms with Crippen molar-refractivity contribution in [2.45, 2.75) is 77.0 Å². The highest BCUT2D eigenvalue weighted by Gasteiger charge is 2.51. The number of hydrogen-bond acceptors (Lipinski definition) is 13. The second kappa shape index (κ2) is 13.0. The number of carbonyl (C=O) groups excluding carboxylic acids is 2. The van der Waals surface area contributed by atoms with Crippen molar-refractivity contribution in [2.75, 3.05) is 17.2 Å². The van der Waals surface area contributed by atoms with Crippen LogP contribution in [0, 0.1) is 0 Å². The first-order chi connectivity index (χ1) is 20.5. The zero-order valence-corrected chi connectivity index (χ0v) is 24.0. The molecule has 0 radical (unpaired) electrons. The molecule has 42 heavy (non-hydrogen) atoms. The fourth-order valence-electron chi connectivity index (χ4n) is 5.01. The molecule has 1 fully saturated rings. The largest absolute Gasteiger partial charge is 0.457 e. The molecule has 0 amide bonds. The maximum absolute atomic E-state index is 11.6. The Hall–Kier alpha value is -4.53. The zero-order valence-electron chi connectivity index (χ0n) is 24.0. The first kappa shape index (κ1) is 29.0. The molecule has 1 aliphatic heterocycles. The van der Waals surface area contributed by atoms with E-state index in [1.54, 1.807) is 23.3 Å². The van der Waals surface area contributed by atoms with Crippen molar-refractivity contribution in [2.24, 2.45) is 7.05 Å². The predicted octanol–water partition coefficient (Wildman–Crippen LogP) is 2.72. The SMILES string of the molecule is CCc1cc([C@H]2O[C@@H](n3cnc4c(NC(CC)CC)nc(NCCc5cn(C)cn5)nc43)[C@H](OC=O)[C@@H]2OC=O)on1. The molecule has 224 valence electrons. The summed E-state index contributed by atoms with van der Waals surface area (Å²) in [6.45, 7) is 7.25. The molecule has 2 N–H and O–H groups in total. The minimum Gasteiger partial charge on any atom is -0.457 e. The van der Waals surface area contributed by atoms with Crippen LogP contribution in [0.3, 0.4) is 0 Å². The minimum atomic E-state index is -1.03. The molecule has 0 aromatic carbocycles. The fraction of sp³-hybridized carbons (Fsp3) is 0.519. The van der Waals surface area contributed by atoms with Crippen molar-refractivity contribution in [1.82, 2.24) is 34.2 Å². The number of imidazole rings is 2. The van der Waals surface area contributed by atoms with Crippen LogP contribution >= 0.6 is 0 Å². The van der Waals surface area contributed by atoms with Crippen molar-refractivity contribution < 1.29 is 28.3 Å². The van der Waals surface area contributed by atoms with Crippen LogP contribution in [-0.2, 0) is 43.7 Å². The van der Waals surface area contributed by atoms with E-state index < -0.39 is 24.5 Å². The van der Waals surface area contributed by atoms with E-state index in [9.17, 15) is 9.59 Å². The van der Waals surface area contributed by atoms with E-state index in [1.807, 2.05) is 24.7 Å². The number of carbonyl (C=O) groups is 2. The number of nitrogens with one attached hydrogen (secondary N) is 2. The smallest absolute Gasteiger partial charge is 0.293 e. The van der Waals surface area contributed by atoms with Crippen LogP contribution < -0.4 is 10.6 Å². The van der Waals surface area contributed by atoms with Gasteiger partial charge in [0.05, 0.1) is 24.0 Å². The highest BCUT2D eigenvalue weighted by molar-refractivity contribution is 5.84. The van der Waals surface area contributed by atoms with Gasteiger partial charge in [-0.3, -0.25) is 14.2 Å². The van der Waals surface area contributed by atoms with Gasteiger partial charge in [0.15, 0.2) is 47.3 Å². The lowest BCUT2D eigenvalue weighted by atomic mass is 10.1. The van der Waals surface area contributed by atoms with Crippen LogP contribution in [0.25, 0.3) is 11.2 Å². The number of fused-ring (bicyclic) bond motifs is 1. The number of rotatable bonds is 15. The van der Waals surface area contributed by atoms with Crippen molar-refractivity contribution in [3.05, 3.63) is 42.1 Å². The third-order valence-electron chi connectivity index (χ3n) is 7.28. The molecule has 0 bridgehead atoms. The van der Waals surface area contributed by atoms with Gasteiger partial charge in [-0.15, -0.1) is 0 Å². The van der Waals surface area contributed by atoms with E-state index in [0.29, 0.717) is 60.2 Å². The molecule has 5 heterocycles. The summed E-state index contributed by atoms with van der Waals surface area (Å²) in [5, 5.41) is 10.8. The molecule has 0 unspecified atom stereocenters. The van der Waals surface area contributed by atoms with E-state index >= 15 is 0 Å². The summed E-state index contributed by atoms with van der Waals surface area (Å²) in [6.07, 6.45) is 4.44. The summed E-state index contributed by atoms with van der Waals surface area (Å²) in [4.78, 5) is 41.5. The van der Waals surface area contributed by atoms with Crippen molar-refractivity contribution in [1.29, 1.82) is 0 Å². The van der Waals surface area contributed by atoms with Gasteiger partial charge in [0.25, 0.3) is 12.9 Å². The molecule has 15 nitrogen and oxygen atoms in total. The third kappa shape index (κ3) is 5.91. The van der Waals surface area contributed by atoms with Crippen LogP contribution in [0.4, 0.5) is 11.8 Å². The third-order valence-corrected chi connectivity index (χ3v) is 7.28. The Kier molecular flexibility index (Phi) is 8.95. The van der Waals surface area contributed by atoms with E-state index in [0.717, 1.165) is 18.5 Å². The first-order valence-corrected chi connectivity index (χ1v) is 14.0. The van der Waals surface area contributed by atoms with Gasteiger partial charge in [-0.05, 0) is 19.3 Å². The average Bonchev–Trinajstić information content (AvgIpc) is 3.79. The van der Waals surface area contributed by atoms with Gasteiger partial charge < -0.3 is 33.9 Å². The Balaban J connectivity index is 1.52. The maximum atomic E-state index is 11.6. The van der Waals surface area contributed by atoms with E-state index in [1.165, 1.54) is 0 Å². The Bertz CT molecular complexity index is 1500. The highest BCUT2D eigenvalue weighted by atomic mass is 16.6. The number of ether oxygens (including phenoxy) is 3. The lowest BCUT2D eigenvalue weighted by Crippen LogP contribution is -2.34. The number of anilines is 2. The molecule has 4 atom stereocenters. The van der Waals surface area contributed by atoms with Gasteiger partial charge in [-0.1, -0.05) is 25.9 Å². The van der Waals surface area contributed by atoms with E-state index in [4.69, 9.17) is 28.7 Å². The van der Waals surface area contributed by atoms with Crippen molar-refractivity contribution in [3.8, 4) is 0 Å². The van der Waals surface area contributed by atoms with Crippen LogP contribution in [0.15, 0.2) is 29.4 Å². The average molecular weight is 582 g/mol. The normalized spacial score (nSPS) is 20.2. The molecule has 5 rings (SSSR count). The second-order valence-electron chi connectivity index (χ2n) is 10.0. The summed E-state index contributed by atoms with van der Waals surface area (Å²) in [7, 11) is 1.92. The topological polar surface area (TPSA) is 173 Å². The van der Waals surface area contributed by atoms with Gasteiger partial charge in [0, 0.05) is 38.3 Å². The van der Waals surface area contributed by atoms with Crippen molar-refractivity contribution >= 4 is 35.9 Å². The number of aryl methyl sites for hydroxylation is 2. The van der Waals surface area contributed by atoms with Gasteiger partial charge in [0.2, 0.25) is 5.95 Å². The highest BCUT2D eigenvalue weighted by Crippen LogP contribution is 2.43. The summed E-state index contributed by atoms with van der Waals surface area (Å²) in [6, 6.07) is 1.89. The Labute approximate surface area is 242 Å². The Morgan fingerprint density at radius 2 is 1.83 bits per heavy atom. The lowest BCUT2D eigenvalue weighted by Gasteiger charge is -2.21. The standard InChI is InChI=1S/C27H35N9O6/c1-5-16(6-2)31-24-20-25(33-27(32-24)28-9-8-18-11-35(4)12-29-18)36(13-30-20)26-23(40-15-38)22(39-14-37)21(41-26)19-10-17(7-3)34-42-19/h10-16,21-23,26H,5-9H2,1-4H3,(H2,28,31,32,33)/t21-,22-,23-,26-/m1/s1. The molecule has 15 heteroatoms. The molecular formula is C27H35N9O6. The molecule has 1 aliphatic rings. The van der Waals surface area contributed by atoms with E-state index in [-0.39, 0.29) is 12.5 Å². The van der Waals surface area contributed by atoms with Crippen LogP contribution in [0.2, 0.25) is 0 Å². The van der Waals surface area contributed by atoms with Gasteiger partial charge in [0.1, 0.15) is 0 Å². The first-order valence-electron chi connectivity index (χ1n) is 14.0. The van der Waals surface area contributed by atoms with Gasteiger partial charge in [-0.25, -0.2) is 9.97 Å². The molecule has 0 saturated carbocycles. The van der Waals surface area contributed by atoms with Crippen LogP contribution in [0.1, 0.15) is 63.1 Å². The molecule has 4 aromatic rings. The van der Waals surface area contributed by atoms with Gasteiger partial charge >= 0.3 is 0 Å². The van der Waals surface area contributed by atoms with Gasteiger partial charge in [-0.2, -0.15) is 9.97 Å². The monoisotopic (exact) mass is 581 g/mol. The van der Waals surface area contributed by atoms with E-state index in [2.05, 4.69) is 39.6 Å². The summed E-state index contributed by atoms with van der Waals surface area (Å²) < 4.78 is 26.2. The Morgan fingerprint density at radius 1 is 1.05 bits per heavy atom. The summed E-state index contributed by atoms with van der Waals surface area (Å²) in [5.41, 5.74) is 2.58.